The Morgan fingerprint density at radius 1 is 1.47 bits per heavy atom. The first-order valence-corrected chi connectivity index (χ1v) is 6.44. The van der Waals surface area contributed by atoms with Crippen LogP contribution in [-0.2, 0) is 11.8 Å². The molecule has 0 spiro atoms. The minimum absolute atomic E-state index is 0.0790. The van der Waals surface area contributed by atoms with E-state index >= 15 is 0 Å². The molecule has 3 nitrogen and oxygen atoms in total. The van der Waals surface area contributed by atoms with E-state index in [0.29, 0.717) is 5.92 Å². The Bertz CT molecular complexity index is 383. The van der Waals surface area contributed by atoms with Gasteiger partial charge in [-0.3, -0.25) is 4.79 Å². The topological polar surface area (TPSA) is 31.2 Å². The average molecular weight is 235 g/mol. The highest BCUT2D eigenvalue weighted by molar-refractivity contribution is 5.95. The first kappa shape index (κ1) is 12.4. The summed E-state index contributed by atoms with van der Waals surface area (Å²) in [5.74, 6) is 0.667. The van der Waals surface area contributed by atoms with Crippen LogP contribution in [0, 0.1) is 5.92 Å². The maximum Gasteiger partial charge on any atom is 0.204 e. The molecule has 2 unspecified atom stereocenters. The van der Waals surface area contributed by atoms with Gasteiger partial charge in [0.25, 0.3) is 0 Å². The summed E-state index contributed by atoms with van der Waals surface area (Å²) in [6.07, 6.45) is 7.01. The highest BCUT2D eigenvalue weighted by Gasteiger charge is 2.23. The van der Waals surface area contributed by atoms with Crippen molar-refractivity contribution < 1.29 is 9.53 Å². The number of ether oxygens (including phenoxy) is 1. The number of carbonyl (C=O) groups excluding carboxylic acids is 1. The van der Waals surface area contributed by atoms with Crippen molar-refractivity contribution in [2.24, 2.45) is 13.0 Å². The molecule has 94 valence electrons. The zero-order valence-electron chi connectivity index (χ0n) is 10.7. The molecule has 0 radical (unpaired) electrons. The van der Waals surface area contributed by atoms with Gasteiger partial charge in [0.1, 0.15) is 6.61 Å². The number of hydrogen-bond donors (Lipinski definition) is 0. The third kappa shape index (κ3) is 2.97. The van der Waals surface area contributed by atoms with Gasteiger partial charge in [0.05, 0.1) is 11.8 Å². The van der Waals surface area contributed by atoms with Crippen molar-refractivity contribution in [1.29, 1.82) is 0 Å². The predicted molar refractivity (Wildman–Crippen MR) is 67.1 cm³/mol. The molecule has 1 fully saturated rings. The van der Waals surface area contributed by atoms with Crippen LogP contribution >= 0.6 is 0 Å². The molecule has 1 aliphatic rings. The smallest absolute Gasteiger partial charge is 0.204 e. The summed E-state index contributed by atoms with van der Waals surface area (Å²) in [7, 11) is 1.89. The maximum atomic E-state index is 11.9. The van der Waals surface area contributed by atoms with Crippen LogP contribution in [0.15, 0.2) is 18.3 Å². The molecular weight excluding hydrogens is 214 g/mol. The minimum Gasteiger partial charge on any atom is -0.370 e. The Kier molecular flexibility index (Phi) is 4.00. The fraction of sp³-hybridized carbons (Fsp3) is 0.643. The van der Waals surface area contributed by atoms with E-state index < -0.39 is 0 Å². The van der Waals surface area contributed by atoms with E-state index in [1.165, 1.54) is 19.3 Å². The van der Waals surface area contributed by atoms with Crippen molar-refractivity contribution in [1.82, 2.24) is 4.57 Å². The van der Waals surface area contributed by atoms with E-state index in [4.69, 9.17) is 4.74 Å². The van der Waals surface area contributed by atoms with Crippen LogP contribution in [-0.4, -0.2) is 23.1 Å². The summed E-state index contributed by atoms with van der Waals surface area (Å²) in [4.78, 5) is 11.9. The molecule has 1 aromatic heterocycles. The Labute approximate surface area is 103 Å². The standard InChI is InChI=1S/C14H21NO2/c1-11-6-3-4-8-14(11)17-10-13(16)12-7-5-9-15(12)2/h5,7,9,11,14H,3-4,6,8,10H2,1-2H3. The molecule has 2 atom stereocenters. The summed E-state index contributed by atoms with van der Waals surface area (Å²) in [6.45, 7) is 2.43. The van der Waals surface area contributed by atoms with Gasteiger partial charge in [-0.1, -0.05) is 19.8 Å². The number of carbonyl (C=O) groups is 1. The zero-order chi connectivity index (χ0) is 12.3. The molecule has 1 aromatic rings. The van der Waals surface area contributed by atoms with Gasteiger partial charge in [0.15, 0.2) is 0 Å². The Balaban J connectivity index is 1.86. The van der Waals surface area contributed by atoms with Gasteiger partial charge < -0.3 is 9.30 Å². The van der Waals surface area contributed by atoms with Crippen molar-refractivity contribution in [3.8, 4) is 0 Å². The van der Waals surface area contributed by atoms with Crippen molar-refractivity contribution >= 4 is 5.78 Å². The van der Waals surface area contributed by atoms with Crippen molar-refractivity contribution in [2.45, 2.75) is 38.7 Å². The molecule has 0 aromatic carbocycles. The molecule has 1 heterocycles. The molecule has 2 rings (SSSR count). The molecular formula is C14H21NO2. The fourth-order valence-corrected chi connectivity index (χ4v) is 2.54. The van der Waals surface area contributed by atoms with Crippen LogP contribution in [0.25, 0.3) is 0 Å². The third-order valence-electron chi connectivity index (χ3n) is 3.69. The van der Waals surface area contributed by atoms with Crippen LogP contribution < -0.4 is 0 Å². The van der Waals surface area contributed by atoms with E-state index in [0.717, 1.165) is 12.1 Å². The number of Topliss-reactive ketones (excluding diaryl/α,β-unsaturated/α-hetero) is 1. The van der Waals surface area contributed by atoms with Gasteiger partial charge in [-0.15, -0.1) is 0 Å². The Morgan fingerprint density at radius 3 is 2.88 bits per heavy atom. The Morgan fingerprint density at radius 2 is 2.24 bits per heavy atom. The molecule has 0 bridgehead atoms. The van der Waals surface area contributed by atoms with E-state index in [-0.39, 0.29) is 18.5 Å². The normalized spacial score (nSPS) is 24.8. The average Bonchev–Trinajstić information content (AvgIpc) is 2.74. The van der Waals surface area contributed by atoms with Crippen LogP contribution in [0.3, 0.4) is 0 Å². The lowest BCUT2D eigenvalue weighted by Gasteiger charge is -2.28. The number of hydrogen-bond acceptors (Lipinski definition) is 2. The van der Waals surface area contributed by atoms with Gasteiger partial charge in [0, 0.05) is 13.2 Å². The summed E-state index contributed by atoms with van der Waals surface area (Å²) in [5.41, 5.74) is 0.730. The van der Waals surface area contributed by atoms with Crippen molar-refractivity contribution in [2.75, 3.05) is 6.61 Å². The number of nitrogens with zero attached hydrogens (tertiary/aromatic N) is 1. The maximum absolute atomic E-state index is 11.9. The summed E-state index contributed by atoms with van der Waals surface area (Å²) in [5, 5.41) is 0. The quantitative estimate of drug-likeness (QED) is 0.751. The summed E-state index contributed by atoms with van der Waals surface area (Å²) in [6, 6.07) is 3.73. The van der Waals surface area contributed by atoms with E-state index in [2.05, 4.69) is 6.92 Å². The second-order valence-corrected chi connectivity index (χ2v) is 5.04. The van der Waals surface area contributed by atoms with Gasteiger partial charge in [-0.25, -0.2) is 0 Å². The molecule has 17 heavy (non-hydrogen) atoms. The lowest BCUT2D eigenvalue weighted by Crippen LogP contribution is -2.28. The monoisotopic (exact) mass is 235 g/mol. The number of aryl methyl sites for hydroxylation is 1. The summed E-state index contributed by atoms with van der Waals surface area (Å²) >= 11 is 0. The third-order valence-corrected chi connectivity index (χ3v) is 3.69. The SMILES string of the molecule is CC1CCCCC1OCC(=O)c1cccn1C. The van der Waals surface area contributed by atoms with Gasteiger partial charge >= 0.3 is 0 Å². The highest BCUT2D eigenvalue weighted by atomic mass is 16.5. The second-order valence-electron chi connectivity index (χ2n) is 5.04. The van der Waals surface area contributed by atoms with Crippen molar-refractivity contribution in [3.05, 3.63) is 24.0 Å². The van der Waals surface area contributed by atoms with Gasteiger partial charge in [-0.2, -0.15) is 0 Å². The summed E-state index contributed by atoms with van der Waals surface area (Å²) < 4.78 is 7.62. The molecule has 0 aliphatic heterocycles. The lowest BCUT2D eigenvalue weighted by molar-refractivity contribution is 0.000471. The largest absolute Gasteiger partial charge is 0.370 e. The predicted octanol–water partition coefficient (Wildman–Crippen LogP) is 2.80. The molecule has 1 saturated carbocycles. The molecule has 0 saturated heterocycles. The van der Waals surface area contributed by atoms with Gasteiger partial charge in [-0.05, 0) is 30.9 Å². The highest BCUT2D eigenvalue weighted by Crippen LogP contribution is 2.26. The lowest BCUT2D eigenvalue weighted by atomic mass is 9.88. The van der Waals surface area contributed by atoms with Crippen molar-refractivity contribution in [3.63, 3.8) is 0 Å². The number of rotatable bonds is 4. The van der Waals surface area contributed by atoms with Gasteiger partial charge in [0.2, 0.25) is 5.78 Å². The van der Waals surface area contributed by atoms with E-state index in [1.807, 2.05) is 29.9 Å². The second kappa shape index (κ2) is 5.50. The Hall–Kier alpha value is -1.09. The van der Waals surface area contributed by atoms with E-state index in [1.54, 1.807) is 0 Å². The van der Waals surface area contributed by atoms with Crippen LogP contribution in [0.4, 0.5) is 0 Å². The number of ketones is 1. The van der Waals surface area contributed by atoms with Crippen LogP contribution in [0.2, 0.25) is 0 Å². The molecule has 3 heteroatoms. The molecule has 1 aliphatic carbocycles. The van der Waals surface area contributed by atoms with E-state index in [9.17, 15) is 4.79 Å². The zero-order valence-corrected chi connectivity index (χ0v) is 10.7. The van der Waals surface area contributed by atoms with Crippen LogP contribution in [0.1, 0.15) is 43.1 Å². The molecule has 0 N–H and O–H groups in total. The number of aromatic nitrogens is 1. The van der Waals surface area contributed by atoms with Crippen LogP contribution in [0.5, 0.6) is 0 Å². The fourth-order valence-electron chi connectivity index (χ4n) is 2.54. The first-order chi connectivity index (χ1) is 8.18. The first-order valence-electron chi connectivity index (χ1n) is 6.44. The molecule has 0 amide bonds. The minimum atomic E-state index is 0.0790.